The number of rotatable bonds is 7. The lowest BCUT2D eigenvalue weighted by Crippen LogP contribution is -2.42. The molecule has 0 spiro atoms. The van der Waals surface area contributed by atoms with E-state index >= 15 is 0 Å². The SMILES string of the molecule is CCN1CCCC1CNC(N)=NCc1cc(Cl)cc(Cl)c1OC(F)F. The van der Waals surface area contributed by atoms with Crippen LogP contribution in [0.5, 0.6) is 5.75 Å². The van der Waals surface area contributed by atoms with E-state index in [0.717, 1.165) is 19.5 Å². The van der Waals surface area contributed by atoms with Crippen LogP contribution in [0.2, 0.25) is 10.0 Å². The molecule has 1 aromatic rings. The van der Waals surface area contributed by atoms with Gasteiger partial charge < -0.3 is 15.8 Å². The predicted molar refractivity (Wildman–Crippen MR) is 96.7 cm³/mol. The van der Waals surface area contributed by atoms with Gasteiger partial charge in [-0.05, 0) is 38.1 Å². The normalized spacial score (nSPS) is 18.8. The molecule has 0 saturated carbocycles. The van der Waals surface area contributed by atoms with Gasteiger partial charge in [-0.25, -0.2) is 4.99 Å². The minimum absolute atomic E-state index is 0.00840. The number of benzene rings is 1. The minimum Gasteiger partial charge on any atom is -0.433 e. The summed E-state index contributed by atoms with van der Waals surface area (Å²) in [5, 5.41) is 3.40. The van der Waals surface area contributed by atoms with Gasteiger partial charge in [-0.15, -0.1) is 0 Å². The first-order valence-electron chi connectivity index (χ1n) is 8.11. The van der Waals surface area contributed by atoms with E-state index in [4.69, 9.17) is 28.9 Å². The standard InChI is InChI=1S/C16H22Cl2F2N4O/c1-2-24-5-3-4-12(24)9-23-16(21)22-8-10-6-11(17)7-13(18)14(10)25-15(19)20/h6-7,12,15H,2-5,8-9H2,1H3,(H3,21,22,23). The summed E-state index contributed by atoms with van der Waals surface area (Å²) in [7, 11) is 0. The number of hydrogen-bond donors (Lipinski definition) is 2. The van der Waals surface area contributed by atoms with Gasteiger partial charge in [0, 0.05) is 23.2 Å². The maximum Gasteiger partial charge on any atom is 0.387 e. The van der Waals surface area contributed by atoms with E-state index in [-0.39, 0.29) is 23.3 Å². The van der Waals surface area contributed by atoms with E-state index in [2.05, 4.69) is 26.9 Å². The lowest BCUT2D eigenvalue weighted by atomic mass is 10.2. The van der Waals surface area contributed by atoms with Gasteiger partial charge in [0.05, 0.1) is 11.6 Å². The lowest BCUT2D eigenvalue weighted by Gasteiger charge is -2.23. The molecule has 0 aliphatic carbocycles. The number of guanidine groups is 1. The molecule has 1 saturated heterocycles. The first-order valence-corrected chi connectivity index (χ1v) is 8.86. The van der Waals surface area contributed by atoms with E-state index in [1.165, 1.54) is 18.6 Å². The average Bonchev–Trinajstić information content (AvgIpc) is 3.01. The van der Waals surface area contributed by atoms with Crippen molar-refractivity contribution in [2.45, 2.75) is 39.0 Å². The summed E-state index contributed by atoms with van der Waals surface area (Å²) >= 11 is 11.9. The molecule has 1 aromatic carbocycles. The summed E-state index contributed by atoms with van der Waals surface area (Å²) in [6.07, 6.45) is 2.29. The number of nitrogens with two attached hydrogens (primary N) is 1. The van der Waals surface area contributed by atoms with Crippen LogP contribution < -0.4 is 15.8 Å². The predicted octanol–water partition coefficient (Wildman–Crippen LogP) is 3.48. The van der Waals surface area contributed by atoms with E-state index in [0.29, 0.717) is 23.2 Å². The van der Waals surface area contributed by atoms with Crippen LogP contribution in [-0.4, -0.2) is 43.1 Å². The van der Waals surface area contributed by atoms with Gasteiger partial charge in [0.2, 0.25) is 0 Å². The Morgan fingerprint density at radius 1 is 1.48 bits per heavy atom. The topological polar surface area (TPSA) is 62.9 Å². The first kappa shape index (κ1) is 20.0. The zero-order valence-electron chi connectivity index (χ0n) is 13.9. The molecular formula is C16H22Cl2F2N4O. The molecule has 1 aliphatic rings. The summed E-state index contributed by atoms with van der Waals surface area (Å²) < 4.78 is 29.6. The Morgan fingerprint density at radius 3 is 2.92 bits per heavy atom. The average molecular weight is 395 g/mol. The highest BCUT2D eigenvalue weighted by Gasteiger charge is 2.22. The quantitative estimate of drug-likeness (QED) is 0.548. The Balaban J connectivity index is 2.00. The van der Waals surface area contributed by atoms with Gasteiger partial charge in [-0.2, -0.15) is 8.78 Å². The molecule has 1 atom stereocenters. The molecule has 1 unspecified atom stereocenters. The third kappa shape index (κ3) is 5.87. The van der Waals surface area contributed by atoms with Gasteiger partial charge in [0.25, 0.3) is 0 Å². The molecule has 9 heteroatoms. The zero-order chi connectivity index (χ0) is 18.4. The number of nitrogens with one attached hydrogen (secondary N) is 1. The Kier molecular flexibility index (Phi) is 7.53. The third-order valence-corrected chi connectivity index (χ3v) is 4.64. The summed E-state index contributed by atoms with van der Waals surface area (Å²) in [5.74, 6) is 0.104. The minimum atomic E-state index is -2.99. The fourth-order valence-electron chi connectivity index (χ4n) is 2.94. The van der Waals surface area contributed by atoms with Crippen LogP contribution in [0.25, 0.3) is 0 Å². The second-order valence-electron chi connectivity index (χ2n) is 5.76. The molecule has 0 aromatic heterocycles. The smallest absolute Gasteiger partial charge is 0.387 e. The van der Waals surface area contributed by atoms with E-state index < -0.39 is 6.61 Å². The number of nitrogens with zero attached hydrogens (tertiary/aromatic N) is 2. The van der Waals surface area contributed by atoms with E-state index in [9.17, 15) is 8.78 Å². The van der Waals surface area contributed by atoms with Crippen LogP contribution in [-0.2, 0) is 6.54 Å². The molecule has 25 heavy (non-hydrogen) atoms. The van der Waals surface area contributed by atoms with Crippen LogP contribution in [0.1, 0.15) is 25.3 Å². The number of halogens is 4. The van der Waals surface area contributed by atoms with Crippen molar-refractivity contribution >= 4 is 29.2 Å². The second-order valence-corrected chi connectivity index (χ2v) is 6.61. The van der Waals surface area contributed by atoms with E-state index in [1.54, 1.807) is 0 Å². The van der Waals surface area contributed by atoms with Crippen molar-refractivity contribution in [2.24, 2.45) is 10.7 Å². The Labute approximate surface area is 156 Å². The van der Waals surface area contributed by atoms with Crippen LogP contribution in [0, 0.1) is 0 Å². The molecular weight excluding hydrogens is 373 g/mol. The lowest BCUT2D eigenvalue weighted by molar-refractivity contribution is -0.0503. The van der Waals surface area contributed by atoms with Crippen molar-refractivity contribution in [3.8, 4) is 5.75 Å². The Hall–Kier alpha value is -1.31. The van der Waals surface area contributed by atoms with Gasteiger partial charge in [-0.3, -0.25) is 4.90 Å². The molecule has 0 amide bonds. The number of likely N-dealkylation sites (N-methyl/N-ethyl adjacent to an activating group) is 1. The van der Waals surface area contributed by atoms with Gasteiger partial charge in [0.1, 0.15) is 5.75 Å². The highest BCUT2D eigenvalue weighted by Crippen LogP contribution is 2.34. The number of likely N-dealkylation sites (tertiary alicyclic amines) is 1. The molecule has 5 nitrogen and oxygen atoms in total. The summed E-state index contributed by atoms with van der Waals surface area (Å²) in [6, 6.07) is 3.25. The molecule has 1 aliphatic heterocycles. The summed E-state index contributed by atoms with van der Waals surface area (Å²) in [5.41, 5.74) is 6.23. The van der Waals surface area contributed by atoms with Crippen molar-refractivity contribution in [1.82, 2.24) is 10.2 Å². The van der Waals surface area contributed by atoms with Gasteiger partial charge in [-0.1, -0.05) is 30.1 Å². The van der Waals surface area contributed by atoms with Gasteiger partial charge in [0.15, 0.2) is 5.96 Å². The van der Waals surface area contributed by atoms with Crippen molar-refractivity contribution in [1.29, 1.82) is 0 Å². The van der Waals surface area contributed by atoms with Crippen molar-refractivity contribution in [3.05, 3.63) is 27.7 Å². The van der Waals surface area contributed by atoms with E-state index in [1.807, 2.05) is 0 Å². The van der Waals surface area contributed by atoms with Crippen LogP contribution in [0.4, 0.5) is 8.78 Å². The molecule has 3 N–H and O–H groups in total. The third-order valence-electron chi connectivity index (χ3n) is 4.14. The molecule has 140 valence electrons. The molecule has 1 heterocycles. The van der Waals surface area contributed by atoms with Crippen LogP contribution in [0.3, 0.4) is 0 Å². The summed E-state index contributed by atoms with van der Waals surface area (Å²) in [4.78, 5) is 6.56. The highest BCUT2D eigenvalue weighted by molar-refractivity contribution is 6.35. The number of ether oxygens (including phenoxy) is 1. The van der Waals surface area contributed by atoms with Crippen LogP contribution >= 0.6 is 23.2 Å². The molecule has 0 bridgehead atoms. The van der Waals surface area contributed by atoms with Crippen molar-refractivity contribution in [3.63, 3.8) is 0 Å². The molecule has 0 radical (unpaired) electrons. The van der Waals surface area contributed by atoms with Crippen molar-refractivity contribution in [2.75, 3.05) is 19.6 Å². The van der Waals surface area contributed by atoms with Gasteiger partial charge >= 0.3 is 6.61 Å². The number of hydrogen-bond acceptors (Lipinski definition) is 3. The van der Waals surface area contributed by atoms with Crippen LogP contribution in [0.15, 0.2) is 17.1 Å². The largest absolute Gasteiger partial charge is 0.433 e. The second kappa shape index (κ2) is 9.40. The molecule has 1 fully saturated rings. The monoisotopic (exact) mass is 394 g/mol. The van der Waals surface area contributed by atoms with Crippen molar-refractivity contribution < 1.29 is 13.5 Å². The Bertz CT molecular complexity index is 616. The fourth-order valence-corrected chi connectivity index (χ4v) is 3.52. The maximum atomic E-state index is 12.6. The number of aliphatic imine (C=N–C) groups is 1. The molecule has 2 rings (SSSR count). The highest BCUT2D eigenvalue weighted by atomic mass is 35.5. The zero-order valence-corrected chi connectivity index (χ0v) is 15.5. The number of alkyl halides is 2. The fraction of sp³-hybridized carbons (Fsp3) is 0.562. The summed E-state index contributed by atoms with van der Waals surface area (Å²) in [6.45, 7) is 1.96. The Morgan fingerprint density at radius 2 is 2.24 bits per heavy atom. The first-order chi connectivity index (χ1) is 11.9. The maximum absolute atomic E-state index is 12.6.